The molecule has 24 heavy (non-hydrogen) atoms. The minimum Gasteiger partial charge on any atom is -0.345 e. The Morgan fingerprint density at radius 1 is 1.21 bits per heavy atom. The third kappa shape index (κ3) is 4.21. The molecule has 0 radical (unpaired) electrons. The minimum absolute atomic E-state index is 0.0206. The molecule has 2 aromatic rings. The van der Waals surface area contributed by atoms with Crippen molar-refractivity contribution in [2.75, 3.05) is 37.0 Å². The summed E-state index contributed by atoms with van der Waals surface area (Å²) in [6.45, 7) is 2.95. The molecule has 2 heterocycles. The Labute approximate surface area is 149 Å². The van der Waals surface area contributed by atoms with E-state index in [0.29, 0.717) is 13.0 Å². The van der Waals surface area contributed by atoms with Crippen molar-refractivity contribution in [3.63, 3.8) is 0 Å². The third-order valence-electron chi connectivity index (χ3n) is 3.97. The van der Waals surface area contributed by atoms with Gasteiger partial charge in [0.15, 0.2) is 0 Å². The maximum atomic E-state index is 13.0. The van der Waals surface area contributed by atoms with Crippen molar-refractivity contribution in [3.8, 4) is 0 Å². The van der Waals surface area contributed by atoms with Crippen LogP contribution >= 0.6 is 23.1 Å². The van der Waals surface area contributed by atoms with E-state index in [2.05, 4.69) is 14.3 Å². The molecular formula is C16H18ClFN4OS. The Morgan fingerprint density at radius 2 is 2.00 bits per heavy atom. The van der Waals surface area contributed by atoms with Gasteiger partial charge in [-0.05, 0) is 24.1 Å². The fraction of sp³-hybridized carbons (Fsp3) is 0.438. The first kappa shape index (κ1) is 17.1. The molecule has 0 atom stereocenters. The molecule has 0 unspecified atom stereocenters. The van der Waals surface area contributed by atoms with Gasteiger partial charge in [0, 0.05) is 44.1 Å². The molecular weight excluding hydrogens is 351 g/mol. The van der Waals surface area contributed by atoms with Gasteiger partial charge in [0.05, 0.1) is 0 Å². The van der Waals surface area contributed by atoms with Gasteiger partial charge >= 0.3 is 0 Å². The van der Waals surface area contributed by atoms with Crippen LogP contribution in [0.25, 0.3) is 0 Å². The van der Waals surface area contributed by atoms with Gasteiger partial charge < -0.3 is 9.80 Å². The molecule has 128 valence electrons. The second-order valence-corrected chi connectivity index (χ2v) is 6.65. The number of hydrogen-bond acceptors (Lipinski definition) is 5. The quantitative estimate of drug-likeness (QED) is 0.778. The Balaban J connectivity index is 1.62. The van der Waals surface area contributed by atoms with E-state index in [1.54, 1.807) is 17.0 Å². The van der Waals surface area contributed by atoms with Gasteiger partial charge in [0.2, 0.25) is 11.0 Å². The molecule has 0 spiro atoms. The van der Waals surface area contributed by atoms with Crippen LogP contribution in [0.1, 0.15) is 17.8 Å². The van der Waals surface area contributed by atoms with Crippen molar-refractivity contribution in [2.45, 2.75) is 12.8 Å². The number of benzene rings is 1. The molecule has 1 saturated heterocycles. The van der Waals surface area contributed by atoms with Crippen molar-refractivity contribution in [1.29, 1.82) is 0 Å². The predicted octanol–water partition coefficient (Wildman–Crippen LogP) is 2.55. The van der Waals surface area contributed by atoms with Crippen LogP contribution in [-0.4, -0.2) is 52.2 Å². The lowest BCUT2D eigenvalue weighted by Crippen LogP contribution is -2.35. The predicted molar refractivity (Wildman–Crippen MR) is 93.2 cm³/mol. The van der Waals surface area contributed by atoms with Crippen molar-refractivity contribution in [3.05, 3.63) is 41.5 Å². The monoisotopic (exact) mass is 368 g/mol. The number of nitrogens with zero attached hydrogens (tertiary/aromatic N) is 4. The molecule has 3 rings (SSSR count). The van der Waals surface area contributed by atoms with Gasteiger partial charge in [-0.15, -0.1) is 11.6 Å². The first-order valence-corrected chi connectivity index (χ1v) is 9.12. The molecule has 0 N–H and O–H groups in total. The maximum absolute atomic E-state index is 13.0. The molecule has 1 amide bonds. The number of rotatable bonds is 4. The summed E-state index contributed by atoms with van der Waals surface area (Å²) < 4.78 is 17.4. The molecule has 8 heteroatoms. The highest BCUT2D eigenvalue weighted by Gasteiger charge is 2.20. The topological polar surface area (TPSA) is 49.3 Å². The zero-order valence-electron chi connectivity index (χ0n) is 13.1. The smallest absolute Gasteiger partial charge is 0.237 e. The van der Waals surface area contributed by atoms with Crippen LogP contribution in [0.4, 0.5) is 9.52 Å². The van der Waals surface area contributed by atoms with Gasteiger partial charge in [-0.2, -0.15) is 4.37 Å². The van der Waals surface area contributed by atoms with Crippen LogP contribution in [0, 0.1) is 5.82 Å². The molecule has 0 aliphatic carbocycles. The Bertz CT molecular complexity index is 694. The number of anilines is 1. The fourth-order valence-electron chi connectivity index (χ4n) is 2.67. The van der Waals surface area contributed by atoms with Gasteiger partial charge in [-0.1, -0.05) is 12.1 Å². The number of amides is 1. The summed E-state index contributed by atoms with van der Waals surface area (Å²) >= 11 is 7.00. The Hall–Kier alpha value is -1.73. The SMILES string of the molecule is O=C(CCl)N1CCCN(c2nc(Cc3ccc(F)cc3)ns2)CC1. The van der Waals surface area contributed by atoms with Crippen LogP contribution in [0.15, 0.2) is 24.3 Å². The molecule has 1 aliphatic heterocycles. The van der Waals surface area contributed by atoms with Gasteiger partial charge in [-0.25, -0.2) is 9.37 Å². The van der Waals surface area contributed by atoms with Crippen molar-refractivity contribution in [2.24, 2.45) is 0 Å². The summed E-state index contributed by atoms with van der Waals surface area (Å²) in [5.74, 6) is 0.499. The van der Waals surface area contributed by atoms with E-state index in [4.69, 9.17) is 11.6 Å². The lowest BCUT2D eigenvalue weighted by Gasteiger charge is -2.20. The van der Waals surface area contributed by atoms with Crippen LogP contribution in [0.2, 0.25) is 0 Å². The second kappa shape index (κ2) is 7.90. The molecule has 0 bridgehead atoms. The first-order chi connectivity index (χ1) is 11.7. The molecule has 1 aliphatic rings. The third-order valence-corrected chi connectivity index (χ3v) is 5.01. The number of carbonyl (C=O) groups excluding carboxylic acids is 1. The Morgan fingerprint density at radius 3 is 2.75 bits per heavy atom. The van der Waals surface area contributed by atoms with Crippen molar-refractivity contribution >= 4 is 34.2 Å². The highest BCUT2D eigenvalue weighted by molar-refractivity contribution is 7.09. The van der Waals surface area contributed by atoms with E-state index in [0.717, 1.165) is 42.6 Å². The zero-order valence-corrected chi connectivity index (χ0v) is 14.7. The normalized spacial score (nSPS) is 15.4. The van der Waals surface area contributed by atoms with E-state index in [9.17, 15) is 9.18 Å². The van der Waals surface area contributed by atoms with Gasteiger partial charge in [0.1, 0.15) is 17.5 Å². The van der Waals surface area contributed by atoms with E-state index < -0.39 is 0 Å². The number of alkyl halides is 1. The summed E-state index contributed by atoms with van der Waals surface area (Å²) in [5, 5.41) is 0.868. The maximum Gasteiger partial charge on any atom is 0.237 e. The summed E-state index contributed by atoms with van der Waals surface area (Å²) in [5.41, 5.74) is 0.982. The molecule has 1 fully saturated rings. The number of carbonyl (C=O) groups is 1. The van der Waals surface area contributed by atoms with E-state index in [-0.39, 0.29) is 17.6 Å². The summed E-state index contributed by atoms with van der Waals surface area (Å²) in [4.78, 5) is 20.3. The lowest BCUT2D eigenvalue weighted by molar-refractivity contribution is -0.128. The molecule has 0 saturated carbocycles. The average Bonchev–Trinajstić information content (AvgIpc) is 2.91. The van der Waals surface area contributed by atoms with Crippen LogP contribution in [0.5, 0.6) is 0 Å². The number of halogens is 2. The zero-order chi connectivity index (χ0) is 16.9. The summed E-state index contributed by atoms with van der Waals surface area (Å²) in [6.07, 6.45) is 1.47. The summed E-state index contributed by atoms with van der Waals surface area (Å²) in [6, 6.07) is 6.38. The Kier molecular flexibility index (Phi) is 5.63. The molecule has 1 aromatic heterocycles. The van der Waals surface area contributed by atoms with Crippen LogP contribution < -0.4 is 4.90 Å². The van der Waals surface area contributed by atoms with Crippen molar-refractivity contribution < 1.29 is 9.18 Å². The standard InChI is InChI=1S/C16H18ClFN4OS/c17-11-15(23)21-6-1-7-22(9-8-21)16-19-14(20-24-16)10-12-2-4-13(18)5-3-12/h2-5H,1,6-11H2. The van der Waals surface area contributed by atoms with Gasteiger partial charge in [0.25, 0.3) is 0 Å². The minimum atomic E-state index is -0.244. The van der Waals surface area contributed by atoms with Crippen LogP contribution in [-0.2, 0) is 11.2 Å². The number of aromatic nitrogens is 2. The largest absolute Gasteiger partial charge is 0.345 e. The fourth-order valence-corrected chi connectivity index (χ4v) is 3.58. The average molecular weight is 369 g/mol. The highest BCUT2D eigenvalue weighted by atomic mass is 35.5. The molecule has 5 nitrogen and oxygen atoms in total. The lowest BCUT2D eigenvalue weighted by atomic mass is 10.1. The highest BCUT2D eigenvalue weighted by Crippen LogP contribution is 2.20. The van der Waals surface area contributed by atoms with E-state index in [1.165, 1.54) is 23.7 Å². The van der Waals surface area contributed by atoms with E-state index >= 15 is 0 Å². The van der Waals surface area contributed by atoms with Gasteiger partial charge in [-0.3, -0.25) is 4.79 Å². The second-order valence-electron chi connectivity index (χ2n) is 5.65. The number of hydrogen-bond donors (Lipinski definition) is 0. The summed E-state index contributed by atoms with van der Waals surface area (Å²) in [7, 11) is 0. The van der Waals surface area contributed by atoms with E-state index in [1.807, 2.05) is 0 Å². The first-order valence-electron chi connectivity index (χ1n) is 7.81. The van der Waals surface area contributed by atoms with Crippen molar-refractivity contribution in [1.82, 2.24) is 14.3 Å². The molecule has 1 aromatic carbocycles. The van der Waals surface area contributed by atoms with Crippen LogP contribution in [0.3, 0.4) is 0 Å².